The Morgan fingerprint density at radius 3 is 2.46 bits per heavy atom. The number of ether oxygens (including phenoxy) is 3. The minimum atomic E-state index is -1.19. The van der Waals surface area contributed by atoms with E-state index in [1.807, 2.05) is 6.07 Å². The molecule has 2 heterocycles. The average molecular weight is 556 g/mol. The van der Waals surface area contributed by atoms with Crippen molar-refractivity contribution >= 4 is 41.2 Å². The number of β-lactam (4-membered cyclic amide) rings is 1. The second-order valence-electron chi connectivity index (χ2n) is 8.72. The van der Waals surface area contributed by atoms with E-state index in [-0.39, 0.29) is 18.9 Å². The molecule has 39 heavy (non-hydrogen) atoms. The number of thioether (sulfide) groups is 1. The van der Waals surface area contributed by atoms with Crippen molar-refractivity contribution < 1.29 is 38.3 Å². The summed E-state index contributed by atoms with van der Waals surface area (Å²) in [6.07, 6.45) is -0.825. The summed E-state index contributed by atoms with van der Waals surface area (Å²) in [6.45, 7) is 2.32. The number of para-hydroxylation sites is 1. The van der Waals surface area contributed by atoms with Gasteiger partial charge in [0.2, 0.25) is 5.91 Å². The summed E-state index contributed by atoms with van der Waals surface area (Å²) in [6, 6.07) is 12.2. The van der Waals surface area contributed by atoms with Gasteiger partial charge in [-0.15, -0.1) is 11.8 Å². The number of nitro groups is 1. The van der Waals surface area contributed by atoms with Crippen LogP contribution >= 0.6 is 11.8 Å². The number of amides is 2. The lowest BCUT2D eigenvalue weighted by Gasteiger charge is -2.52. The Labute approximate surface area is 227 Å². The van der Waals surface area contributed by atoms with Crippen LogP contribution in [0, 0.1) is 10.1 Å². The van der Waals surface area contributed by atoms with E-state index in [0.717, 1.165) is 0 Å². The van der Waals surface area contributed by atoms with Crippen LogP contribution in [0.15, 0.2) is 65.6 Å². The molecule has 0 aromatic heterocycles. The number of nitrogens with one attached hydrogen (secondary N) is 1. The largest absolute Gasteiger partial charge is 0.484 e. The first-order valence-electron chi connectivity index (χ1n) is 11.9. The first kappa shape index (κ1) is 27.6. The number of nitro benzene ring substituents is 1. The van der Waals surface area contributed by atoms with Gasteiger partial charge in [-0.25, -0.2) is 4.79 Å². The van der Waals surface area contributed by atoms with E-state index >= 15 is 0 Å². The van der Waals surface area contributed by atoms with Gasteiger partial charge in [0.15, 0.2) is 12.6 Å². The standard InChI is InChI=1S/C26H25N3O9S/c1-15(38-16(2)30)20-14-39-25-22(27-21(31)13-36-19-6-4-3-5-7-19)24(32)28(25)23(20)26(33)37-12-17-8-10-18(11-9-17)29(34)35/h3-11,14-15,22-23,25H,12-13H2,1-2H3,(H,27,31)/t15?,22-,23?,25+/m1/s1. The van der Waals surface area contributed by atoms with Crippen LogP contribution in [-0.2, 0) is 35.3 Å². The van der Waals surface area contributed by atoms with Gasteiger partial charge in [-0.1, -0.05) is 18.2 Å². The first-order valence-corrected chi connectivity index (χ1v) is 12.8. The number of carbonyl (C=O) groups excluding carboxylic acids is 4. The third-order valence-corrected chi connectivity index (χ3v) is 7.20. The Hall–Kier alpha value is -4.39. The number of esters is 2. The van der Waals surface area contributed by atoms with Crippen LogP contribution in [0.2, 0.25) is 0 Å². The van der Waals surface area contributed by atoms with E-state index < -0.39 is 52.2 Å². The Morgan fingerprint density at radius 2 is 1.82 bits per heavy atom. The van der Waals surface area contributed by atoms with Crippen molar-refractivity contribution in [2.45, 2.75) is 44.0 Å². The van der Waals surface area contributed by atoms with E-state index in [0.29, 0.717) is 16.9 Å². The summed E-state index contributed by atoms with van der Waals surface area (Å²) in [4.78, 5) is 62.0. The van der Waals surface area contributed by atoms with E-state index in [9.17, 15) is 29.3 Å². The van der Waals surface area contributed by atoms with Gasteiger partial charge in [0.05, 0.1) is 4.92 Å². The van der Waals surface area contributed by atoms with Crippen LogP contribution in [0.4, 0.5) is 5.69 Å². The number of benzene rings is 2. The van der Waals surface area contributed by atoms with Gasteiger partial charge in [-0.05, 0) is 42.2 Å². The van der Waals surface area contributed by atoms with Crippen LogP contribution in [0.25, 0.3) is 0 Å². The highest BCUT2D eigenvalue weighted by atomic mass is 32.2. The highest BCUT2D eigenvalue weighted by Crippen LogP contribution is 2.41. The van der Waals surface area contributed by atoms with Crippen molar-refractivity contribution in [2.24, 2.45) is 0 Å². The van der Waals surface area contributed by atoms with Crippen molar-refractivity contribution in [1.82, 2.24) is 10.2 Å². The fraction of sp³-hybridized carbons (Fsp3) is 0.308. The van der Waals surface area contributed by atoms with Gasteiger partial charge in [-0.2, -0.15) is 0 Å². The number of carbonyl (C=O) groups is 4. The number of hydrogen-bond donors (Lipinski definition) is 1. The molecule has 204 valence electrons. The third kappa shape index (κ3) is 6.37. The van der Waals surface area contributed by atoms with Crippen LogP contribution in [0.5, 0.6) is 5.75 Å². The summed E-state index contributed by atoms with van der Waals surface area (Å²) in [7, 11) is 0. The zero-order valence-corrected chi connectivity index (χ0v) is 21.8. The molecule has 4 rings (SSSR count). The molecule has 0 saturated carbocycles. The van der Waals surface area contributed by atoms with E-state index in [2.05, 4.69) is 5.32 Å². The molecule has 2 unspecified atom stereocenters. The summed E-state index contributed by atoms with van der Waals surface area (Å²) in [5.41, 5.74) is 0.754. The molecular formula is C26H25N3O9S. The second kappa shape index (κ2) is 12.0. The average Bonchev–Trinajstić information content (AvgIpc) is 2.92. The van der Waals surface area contributed by atoms with Gasteiger partial charge in [0.25, 0.3) is 11.6 Å². The third-order valence-electron chi connectivity index (χ3n) is 6.01. The van der Waals surface area contributed by atoms with Crippen molar-refractivity contribution in [3.05, 3.63) is 81.3 Å². The Bertz CT molecular complexity index is 1300. The monoisotopic (exact) mass is 555 g/mol. The second-order valence-corrected chi connectivity index (χ2v) is 9.71. The fourth-order valence-corrected chi connectivity index (χ4v) is 5.44. The van der Waals surface area contributed by atoms with Gasteiger partial charge in [0, 0.05) is 24.6 Å². The Morgan fingerprint density at radius 1 is 1.13 bits per heavy atom. The van der Waals surface area contributed by atoms with E-state index in [1.165, 1.54) is 47.9 Å². The molecule has 4 atom stereocenters. The Balaban J connectivity index is 1.45. The quantitative estimate of drug-likeness (QED) is 0.200. The highest BCUT2D eigenvalue weighted by Gasteiger charge is 2.57. The molecule has 1 fully saturated rings. The molecule has 0 radical (unpaired) electrons. The van der Waals surface area contributed by atoms with Crippen LogP contribution in [-0.4, -0.2) is 63.7 Å². The van der Waals surface area contributed by atoms with Crippen molar-refractivity contribution in [2.75, 3.05) is 6.61 Å². The first-order chi connectivity index (χ1) is 18.7. The minimum absolute atomic E-state index is 0.105. The molecule has 2 aliphatic heterocycles. The molecule has 2 aromatic rings. The smallest absolute Gasteiger partial charge is 0.333 e. The van der Waals surface area contributed by atoms with Crippen LogP contribution < -0.4 is 10.1 Å². The maximum Gasteiger partial charge on any atom is 0.333 e. The van der Waals surface area contributed by atoms with Crippen molar-refractivity contribution in [3.63, 3.8) is 0 Å². The molecular weight excluding hydrogens is 530 g/mol. The normalized spacial score (nSPS) is 20.5. The lowest BCUT2D eigenvalue weighted by molar-refractivity contribution is -0.384. The molecule has 0 aliphatic carbocycles. The van der Waals surface area contributed by atoms with E-state index in [1.54, 1.807) is 36.6 Å². The van der Waals surface area contributed by atoms with Crippen LogP contribution in [0.1, 0.15) is 19.4 Å². The summed E-state index contributed by atoms with van der Waals surface area (Å²) < 4.78 is 16.2. The van der Waals surface area contributed by atoms with Crippen LogP contribution in [0.3, 0.4) is 0 Å². The number of nitrogens with zero attached hydrogens (tertiary/aromatic N) is 2. The number of rotatable bonds is 10. The number of non-ortho nitro benzene ring substituents is 1. The summed E-state index contributed by atoms with van der Waals surface area (Å²) >= 11 is 1.21. The lowest BCUT2D eigenvalue weighted by atomic mass is 9.95. The maximum absolute atomic E-state index is 13.2. The van der Waals surface area contributed by atoms with Gasteiger partial charge in [0.1, 0.15) is 29.9 Å². The minimum Gasteiger partial charge on any atom is -0.484 e. The maximum atomic E-state index is 13.2. The molecule has 12 nitrogen and oxygen atoms in total. The molecule has 1 saturated heterocycles. The topological polar surface area (TPSA) is 154 Å². The number of fused-ring (bicyclic) bond motifs is 1. The fourth-order valence-electron chi connectivity index (χ4n) is 4.12. The zero-order chi connectivity index (χ0) is 28.1. The lowest BCUT2D eigenvalue weighted by Crippen LogP contribution is -2.74. The Kier molecular flexibility index (Phi) is 8.49. The van der Waals surface area contributed by atoms with Crippen molar-refractivity contribution in [3.8, 4) is 5.75 Å². The molecule has 0 bridgehead atoms. The zero-order valence-electron chi connectivity index (χ0n) is 21.0. The predicted molar refractivity (Wildman–Crippen MR) is 138 cm³/mol. The molecule has 1 N–H and O–H groups in total. The molecule has 13 heteroatoms. The van der Waals surface area contributed by atoms with Gasteiger partial charge < -0.3 is 24.4 Å². The van der Waals surface area contributed by atoms with Gasteiger partial charge >= 0.3 is 11.9 Å². The molecule has 2 aromatic carbocycles. The van der Waals surface area contributed by atoms with E-state index in [4.69, 9.17) is 14.2 Å². The molecule has 2 aliphatic rings. The molecule has 0 spiro atoms. The summed E-state index contributed by atoms with van der Waals surface area (Å²) in [5, 5.41) is 14.6. The molecule has 2 amide bonds. The van der Waals surface area contributed by atoms with Gasteiger partial charge in [-0.3, -0.25) is 24.5 Å². The van der Waals surface area contributed by atoms with Crippen molar-refractivity contribution in [1.29, 1.82) is 0 Å². The summed E-state index contributed by atoms with van der Waals surface area (Å²) in [5.74, 6) is -1.83. The SMILES string of the molecule is CC(=O)OC(C)C1=CS[C@H]2[C@H](NC(=O)COc3ccccc3)C(=O)N2C1C(=O)OCc1ccc([N+](=O)[O-])cc1. The number of hydrogen-bond acceptors (Lipinski definition) is 10. The highest BCUT2D eigenvalue weighted by molar-refractivity contribution is 8.03. The predicted octanol–water partition coefficient (Wildman–Crippen LogP) is 2.32.